The fourth-order valence-electron chi connectivity index (χ4n) is 2.27. The van der Waals surface area contributed by atoms with Crippen molar-refractivity contribution in [3.8, 4) is 0 Å². The molecule has 0 bridgehead atoms. The molecule has 1 N–H and O–H groups in total. The molecule has 1 aromatic carbocycles. The first-order chi connectivity index (χ1) is 7.72. The van der Waals surface area contributed by atoms with Crippen molar-refractivity contribution < 1.29 is 0 Å². The van der Waals surface area contributed by atoms with Crippen LogP contribution in [0, 0.1) is 12.8 Å². The van der Waals surface area contributed by atoms with E-state index in [2.05, 4.69) is 53.4 Å². The summed E-state index contributed by atoms with van der Waals surface area (Å²) in [5, 5.41) is 3.45. The van der Waals surface area contributed by atoms with Gasteiger partial charge in [0.1, 0.15) is 0 Å². The topological polar surface area (TPSA) is 12.0 Å². The van der Waals surface area contributed by atoms with E-state index >= 15 is 0 Å². The van der Waals surface area contributed by atoms with Crippen molar-refractivity contribution in [1.82, 2.24) is 5.32 Å². The minimum Gasteiger partial charge on any atom is -0.313 e. The van der Waals surface area contributed by atoms with Gasteiger partial charge in [0.2, 0.25) is 0 Å². The molecule has 1 fully saturated rings. The van der Waals surface area contributed by atoms with Crippen LogP contribution in [0.5, 0.6) is 0 Å². The second-order valence-corrected chi connectivity index (χ2v) is 5.67. The summed E-state index contributed by atoms with van der Waals surface area (Å²) in [6.07, 6.45) is 5.54. The maximum Gasteiger partial charge on any atom is 0.0320 e. The Balaban J connectivity index is 2.08. The Morgan fingerprint density at radius 2 is 2.19 bits per heavy atom. The van der Waals surface area contributed by atoms with Gasteiger partial charge in [0.05, 0.1) is 0 Å². The van der Waals surface area contributed by atoms with Gasteiger partial charge >= 0.3 is 0 Å². The number of halogens is 1. The second kappa shape index (κ2) is 5.33. The van der Waals surface area contributed by atoms with Gasteiger partial charge in [-0.05, 0) is 49.9 Å². The number of rotatable bonds is 5. The monoisotopic (exact) mass is 281 g/mol. The van der Waals surface area contributed by atoms with E-state index < -0.39 is 0 Å². The van der Waals surface area contributed by atoms with Crippen molar-refractivity contribution in [2.24, 2.45) is 5.92 Å². The van der Waals surface area contributed by atoms with Gasteiger partial charge in [-0.15, -0.1) is 0 Å². The summed E-state index contributed by atoms with van der Waals surface area (Å²) in [4.78, 5) is 0. The molecule has 0 aromatic heterocycles. The Bertz CT molecular complexity index is 358. The third-order valence-electron chi connectivity index (χ3n) is 3.59. The molecule has 16 heavy (non-hydrogen) atoms. The highest BCUT2D eigenvalue weighted by Gasteiger charge is 2.23. The smallest absolute Gasteiger partial charge is 0.0320 e. The van der Waals surface area contributed by atoms with Crippen molar-refractivity contribution in [2.75, 3.05) is 7.05 Å². The van der Waals surface area contributed by atoms with E-state index in [1.807, 2.05) is 0 Å². The largest absolute Gasteiger partial charge is 0.313 e. The van der Waals surface area contributed by atoms with Crippen LogP contribution in [0.15, 0.2) is 22.7 Å². The van der Waals surface area contributed by atoms with Crippen LogP contribution in [-0.4, -0.2) is 7.05 Å². The van der Waals surface area contributed by atoms with Gasteiger partial charge in [0.15, 0.2) is 0 Å². The van der Waals surface area contributed by atoms with Crippen molar-refractivity contribution in [2.45, 2.75) is 38.6 Å². The molecule has 2 heteroatoms. The van der Waals surface area contributed by atoms with Crippen LogP contribution in [0.3, 0.4) is 0 Å². The fourth-order valence-corrected chi connectivity index (χ4v) is 2.65. The zero-order valence-corrected chi connectivity index (χ0v) is 11.7. The number of hydrogen-bond donors (Lipinski definition) is 1. The average molecular weight is 282 g/mol. The Morgan fingerprint density at radius 3 is 2.81 bits per heavy atom. The first kappa shape index (κ1) is 12.1. The Labute approximate surface area is 107 Å². The van der Waals surface area contributed by atoms with Gasteiger partial charge in [-0.2, -0.15) is 0 Å². The molecule has 88 valence electrons. The molecule has 0 spiro atoms. The lowest BCUT2D eigenvalue weighted by Crippen LogP contribution is -2.17. The molecule has 1 aliphatic rings. The lowest BCUT2D eigenvalue weighted by molar-refractivity contribution is 0.504. The molecule has 1 unspecified atom stereocenters. The summed E-state index contributed by atoms with van der Waals surface area (Å²) in [7, 11) is 2.07. The maximum atomic E-state index is 3.61. The molecule has 1 aliphatic carbocycles. The molecule has 1 saturated carbocycles. The summed E-state index contributed by atoms with van der Waals surface area (Å²) in [6, 6.07) is 7.01. The minimum absolute atomic E-state index is 0.512. The zero-order chi connectivity index (χ0) is 11.5. The van der Waals surface area contributed by atoms with Crippen molar-refractivity contribution in [1.29, 1.82) is 0 Å². The SMILES string of the molecule is CNC(CCC1CC1)c1cccc(Br)c1C. The average Bonchev–Trinajstić information content (AvgIpc) is 3.08. The van der Waals surface area contributed by atoms with Crippen LogP contribution in [-0.2, 0) is 0 Å². The van der Waals surface area contributed by atoms with Crippen LogP contribution >= 0.6 is 15.9 Å². The highest BCUT2D eigenvalue weighted by molar-refractivity contribution is 9.10. The molecule has 0 radical (unpaired) electrons. The van der Waals surface area contributed by atoms with Crippen LogP contribution < -0.4 is 5.32 Å². The standard InChI is InChI=1S/C14H20BrN/c1-10-12(4-3-5-13(10)15)14(16-2)9-8-11-6-7-11/h3-5,11,14,16H,6-9H2,1-2H3. The lowest BCUT2D eigenvalue weighted by Gasteiger charge is -2.19. The maximum absolute atomic E-state index is 3.61. The molecule has 1 nitrogen and oxygen atoms in total. The summed E-state index contributed by atoms with van der Waals surface area (Å²) < 4.78 is 1.22. The first-order valence-electron chi connectivity index (χ1n) is 6.14. The van der Waals surface area contributed by atoms with Gasteiger partial charge in [0.25, 0.3) is 0 Å². The Kier molecular flexibility index (Phi) is 4.04. The van der Waals surface area contributed by atoms with Crippen LogP contribution in [0.2, 0.25) is 0 Å². The predicted octanol–water partition coefficient (Wildman–Crippen LogP) is 4.21. The van der Waals surface area contributed by atoms with Crippen LogP contribution in [0.25, 0.3) is 0 Å². The van der Waals surface area contributed by atoms with E-state index in [9.17, 15) is 0 Å². The Hall–Kier alpha value is -0.340. The van der Waals surface area contributed by atoms with Crippen molar-refractivity contribution >= 4 is 15.9 Å². The number of benzene rings is 1. The zero-order valence-electron chi connectivity index (χ0n) is 10.1. The molecule has 0 aliphatic heterocycles. The van der Waals surface area contributed by atoms with Crippen molar-refractivity contribution in [3.63, 3.8) is 0 Å². The third kappa shape index (κ3) is 2.86. The van der Waals surface area contributed by atoms with E-state index in [4.69, 9.17) is 0 Å². The summed E-state index contributed by atoms with van der Waals surface area (Å²) in [6.45, 7) is 2.20. The summed E-state index contributed by atoms with van der Waals surface area (Å²) >= 11 is 3.61. The fraction of sp³-hybridized carbons (Fsp3) is 0.571. The quantitative estimate of drug-likeness (QED) is 0.853. The number of hydrogen-bond acceptors (Lipinski definition) is 1. The normalized spacial score (nSPS) is 17.4. The van der Waals surface area contributed by atoms with E-state index in [1.165, 1.54) is 41.3 Å². The van der Waals surface area contributed by atoms with Crippen molar-refractivity contribution in [3.05, 3.63) is 33.8 Å². The highest BCUT2D eigenvalue weighted by Crippen LogP contribution is 2.36. The second-order valence-electron chi connectivity index (χ2n) is 4.82. The number of nitrogens with one attached hydrogen (secondary N) is 1. The van der Waals surface area contributed by atoms with Gasteiger partial charge in [-0.25, -0.2) is 0 Å². The molecular formula is C14H20BrN. The van der Waals surface area contributed by atoms with E-state index in [0.29, 0.717) is 6.04 Å². The van der Waals surface area contributed by atoms with Gasteiger partial charge in [0, 0.05) is 10.5 Å². The van der Waals surface area contributed by atoms with E-state index in [-0.39, 0.29) is 0 Å². The molecular weight excluding hydrogens is 262 g/mol. The highest BCUT2D eigenvalue weighted by atomic mass is 79.9. The van der Waals surface area contributed by atoms with Crippen LogP contribution in [0.4, 0.5) is 0 Å². The summed E-state index contributed by atoms with van der Waals surface area (Å²) in [5.41, 5.74) is 2.81. The molecule has 2 rings (SSSR count). The molecule has 1 aromatic rings. The molecule has 1 atom stereocenters. The minimum atomic E-state index is 0.512. The van der Waals surface area contributed by atoms with E-state index in [1.54, 1.807) is 0 Å². The third-order valence-corrected chi connectivity index (χ3v) is 4.45. The van der Waals surface area contributed by atoms with E-state index in [0.717, 1.165) is 5.92 Å². The van der Waals surface area contributed by atoms with Gasteiger partial charge in [-0.3, -0.25) is 0 Å². The van der Waals surface area contributed by atoms with Gasteiger partial charge in [-0.1, -0.05) is 40.9 Å². The summed E-state index contributed by atoms with van der Waals surface area (Å²) in [5.74, 6) is 1.02. The van der Waals surface area contributed by atoms with Gasteiger partial charge < -0.3 is 5.32 Å². The lowest BCUT2D eigenvalue weighted by atomic mass is 9.97. The molecule has 0 saturated heterocycles. The first-order valence-corrected chi connectivity index (χ1v) is 6.94. The molecule has 0 heterocycles. The van der Waals surface area contributed by atoms with Crippen LogP contribution in [0.1, 0.15) is 42.9 Å². The Morgan fingerprint density at radius 1 is 1.44 bits per heavy atom. The predicted molar refractivity (Wildman–Crippen MR) is 72.6 cm³/mol. The molecule has 0 amide bonds.